The molecule has 0 bridgehead atoms. The van der Waals surface area contributed by atoms with Gasteiger partial charge in [-0.15, -0.1) is 0 Å². The summed E-state index contributed by atoms with van der Waals surface area (Å²) in [6.45, 7) is 5.32. The minimum atomic E-state index is -3.83. The van der Waals surface area contributed by atoms with Gasteiger partial charge < -0.3 is 10.2 Å². The topological polar surface area (TPSA) is 86.8 Å². The Morgan fingerprint density at radius 3 is 2.27 bits per heavy atom. The number of benzene rings is 3. The van der Waals surface area contributed by atoms with E-state index in [9.17, 15) is 18.0 Å². The quantitative estimate of drug-likeness (QED) is 0.272. The van der Waals surface area contributed by atoms with Gasteiger partial charge in [-0.3, -0.25) is 13.9 Å². The number of carbonyl (C=O) groups excluding carboxylic acids is 2. The molecule has 3 aromatic rings. The molecule has 0 aromatic heterocycles. The maximum atomic E-state index is 14.1. The van der Waals surface area contributed by atoms with E-state index >= 15 is 0 Å². The molecule has 3 aromatic carbocycles. The summed E-state index contributed by atoms with van der Waals surface area (Å²) in [5.41, 5.74) is 2.78. The van der Waals surface area contributed by atoms with Crippen LogP contribution in [0.5, 0.6) is 0 Å². The van der Waals surface area contributed by atoms with E-state index in [4.69, 9.17) is 11.6 Å². The summed E-state index contributed by atoms with van der Waals surface area (Å²) < 4.78 is 27.7. The van der Waals surface area contributed by atoms with Gasteiger partial charge in [0.2, 0.25) is 21.8 Å². The molecule has 7 nitrogen and oxygen atoms in total. The van der Waals surface area contributed by atoms with Crippen LogP contribution in [-0.2, 0) is 32.6 Å². The number of nitrogens with one attached hydrogen (secondary N) is 1. The molecule has 2 atom stereocenters. The van der Waals surface area contributed by atoms with Gasteiger partial charge in [-0.2, -0.15) is 0 Å². The lowest BCUT2D eigenvalue weighted by atomic mass is 10.0. The normalized spacial score (nSPS) is 12.8. The largest absolute Gasteiger partial charge is 0.352 e. The fourth-order valence-electron chi connectivity index (χ4n) is 4.22. The van der Waals surface area contributed by atoms with E-state index < -0.39 is 28.5 Å². The molecule has 2 unspecified atom stereocenters. The van der Waals surface area contributed by atoms with Gasteiger partial charge in [-0.05, 0) is 67.3 Å². The first kappa shape index (κ1) is 31.6. The summed E-state index contributed by atoms with van der Waals surface area (Å²) in [7, 11) is -3.83. The van der Waals surface area contributed by atoms with Crippen molar-refractivity contribution in [2.45, 2.75) is 52.2 Å². The predicted octanol–water partition coefficient (Wildman–Crippen LogP) is 5.73. The molecule has 0 fully saturated rings. The summed E-state index contributed by atoms with van der Waals surface area (Å²) in [5, 5.41) is 3.51. The van der Waals surface area contributed by atoms with Crippen LogP contribution < -0.4 is 9.62 Å². The van der Waals surface area contributed by atoms with Crippen LogP contribution in [0.15, 0.2) is 77.3 Å². The molecule has 0 radical (unpaired) electrons. The lowest BCUT2D eigenvalue weighted by molar-refractivity contribution is -0.140. The molecular weight excluding hydrogens is 614 g/mol. The number of aryl methyl sites for hydroxylation is 1. The van der Waals surface area contributed by atoms with E-state index in [-0.39, 0.29) is 24.9 Å². The van der Waals surface area contributed by atoms with Crippen molar-refractivity contribution in [2.75, 3.05) is 17.1 Å². The molecule has 0 spiro atoms. The molecule has 0 saturated heterocycles. The van der Waals surface area contributed by atoms with Crippen LogP contribution in [0.2, 0.25) is 5.02 Å². The number of amides is 2. The molecule has 214 valence electrons. The number of anilines is 1. The Morgan fingerprint density at radius 2 is 1.68 bits per heavy atom. The van der Waals surface area contributed by atoms with E-state index in [2.05, 4.69) is 21.2 Å². The van der Waals surface area contributed by atoms with E-state index in [1.54, 1.807) is 36.4 Å². The van der Waals surface area contributed by atoms with Gasteiger partial charge in [-0.25, -0.2) is 8.42 Å². The number of carbonyl (C=O) groups is 2. The van der Waals surface area contributed by atoms with Crippen molar-refractivity contribution in [2.24, 2.45) is 0 Å². The van der Waals surface area contributed by atoms with Crippen molar-refractivity contribution in [1.29, 1.82) is 0 Å². The second-order valence-corrected chi connectivity index (χ2v) is 13.1. The number of rotatable bonds is 12. The average molecular weight is 649 g/mol. The van der Waals surface area contributed by atoms with E-state index in [1.807, 2.05) is 57.2 Å². The Labute approximate surface area is 250 Å². The van der Waals surface area contributed by atoms with Crippen LogP contribution in [0.25, 0.3) is 0 Å². The van der Waals surface area contributed by atoms with Crippen LogP contribution in [0.4, 0.5) is 5.69 Å². The van der Waals surface area contributed by atoms with Gasteiger partial charge in [0.15, 0.2) is 0 Å². The minimum Gasteiger partial charge on any atom is -0.352 e. The van der Waals surface area contributed by atoms with Crippen LogP contribution in [0.1, 0.15) is 37.0 Å². The first-order valence-corrected chi connectivity index (χ1v) is 16.0. The highest BCUT2D eigenvalue weighted by Crippen LogP contribution is 2.26. The fourth-order valence-corrected chi connectivity index (χ4v) is 5.53. The van der Waals surface area contributed by atoms with Crippen LogP contribution >= 0.6 is 27.5 Å². The zero-order chi connectivity index (χ0) is 29.4. The highest BCUT2D eigenvalue weighted by Gasteiger charge is 2.33. The molecule has 1 N–H and O–H groups in total. The Balaban J connectivity index is 2.07. The highest BCUT2D eigenvalue weighted by molar-refractivity contribution is 9.10. The van der Waals surface area contributed by atoms with E-state index in [1.165, 1.54) is 4.90 Å². The molecule has 3 rings (SSSR count). The molecule has 0 heterocycles. The Kier molecular flexibility index (Phi) is 11.2. The lowest BCUT2D eigenvalue weighted by Gasteiger charge is -2.34. The number of hydrogen-bond acceptors (Lipinski definition) is 4. The minimum absolute atomic E-state index is 0.0712. The maximum absolute atomic E-state index is 14.1. The summed E-state index contributed by atoms with van der Waals surface area (Å²) >= 11 is 9.68. The number of halogens is 2. The Bertz CT molecular complexity index is 1440. The maximum Gasteiger partial charge on any atom is 0.244 e. The van der Waals surface area contributed by atoms with Crippen LogP contribution in [0, 0.1) is 6.92 Å². The first-order chi connectivity index (χ1) is 18.9. The predicted molar refractivity (Wildman–Crippen MR) is 165 cm³/mol. The van der Waals surface area contributed by atoms with Crippen molar-refractivity contribution in [1.82, 2.24) is 10.2 Å². The van der Waals surface area contributed by atoms with Gasteiger partial charge in [0.25, 0.3) is 0 Å². The Morgan fingerprint density at radius 1 is 1.00 bits per heavy atom. The van der Waals surface area contributed by atoms with Crippen molar-refractivity contribution >= 4 is 55.1 Å². The van der Waals surface area contributed by atoms with Gasteiger partial charge in [0.05, 0.1) is 11.9 Å². The van der Waals surface area contributed by atoms with Gasteiger partial charge >= 0.3 is 0 Å². The molecule has 10 heteroatoms. The summed E-state index contributed by atoms with van der Waals surface area (Å²) in [6, 6.07) is 20.6. The molecule has 0 aliphatic heterocycles. The van der Waals surface area contributed by atoms with E-state index in [0.717, 1.165) is 38.1 Å². The molecule has 0 aliphatic rings. The van der Waals surface area contributed by atoms with E-state index in [0.29, 0.717) is 10.7 Å². The average Bonchev–Trinajstić information content (AvgIpc) is 2.90. The third kappa shape index (κ3) is 8.81. The fraction of sp³-hybridized carbons (Fsp3) is 0.333. The standard InChI is InChI=1S/C30H35BrClN3O4S/c1-5-22(3)33-30(37)28(18-23-10-7-6-8-11-23)34(19-24-12-9-13-25(32)17-24)29(36)20-35(40(4,38)39)26-14-15-27(31)21(2)16-26/h6-17,22,28H,5,18-20H2,1-4H3,(H,33,37). The zero-order valence-electron chi connectivity index (χ0n) is 23.1. The second-order valence-electron chi connectivity index (χ2n) is 9.88. The van der Waals surface area contributed by atoms with Crippen molar-refractivity contribution in [3.8, 4) is 0 Å². The number of nitrogens with zero attached hydrogens (tertiary/aromatic N) is 2. The van der Waals surface area contributed by atoms with Crippen LogP contribution in [0.3, 0.4) is 0 Å². The third-order valence-electron chi connectivity index (χ3n) is 6.62. The lowest BCUT2D eigenvalue weighted by Crippen LogP contribution is -2.54. The third-order valence-corrected chi connectivity index (χ3v) is 8.89. The van der Waals surface area contributed by atoms with Crippen molar-refractivity contribution in [3.63, 3.8) is 0 Å². The Hall–Kier alpha value is -2.88. The summed E-state index contributed by atoms with van der Waals surface area (Å²) in [6.07, 6.45) is 2.04. The molecular formula is C30H35BrClN3O4S. The van der Waals surface area contributed by atoms with Gasteiger partial charge in [0, 0.05) is 28.5 Å². The summed E-state index contributed by atoms with van der Waals surface area (Å²) in [4.78, 5) is 29.2. The SMILES string of the molecule is CCC(C)NC(=O)C(Cc1ccccc1)N(Cc1cccc(Cl)c1)C(=O)CN(c1ccc(Br)c(C)c1)S(C)(=O)=O. The highest BCUT2D eigenvalue weighted by atomic mass is 79.9. The number of hydrogen-bond donors (Lipinski definition) is 1. The number of sulfonamides is 1. The molecule has 0 aliphatic carbocycles. The molecule has 0 saturated carbocycles. The first-order valence-electron chi connectivity index (χ1n) is 13.0. The molecule has 40 heavy (non-hydrogen) atoms. The van der Waals surface area contributed by atoms with Crippen LogP contribution in [-0.4, -0.2) is 50.0 Å². The monoisotopic (exact) mass is 647 g/mol. The zero-order valence-corrected chi connectivity index (χ0v) is 26.3. The smallest absolute Gasteiger partial charge is 0.244 e. The van der Waals surface area contributed by atoms with Gasteiger partial charge in [-0.1, -0.05) is 76.9 Å². The van der Waals surface area contributed by atoms with Crippen molar-refractivity contribution in [3.05, 3.63) is 99.0 Å². The van der Waals surface area contributed by atoms with Crippen molar-refractivity contribution < 1.29 is 18.0 Å². The summed E-state index contributed by atoms with van der Waals surface area (Å²) in [5.74, 6) is -0.815. The second kappa shape index (κ2) is 14.1. The van der Waals surface area contributed by atoms with Gasteiger partial charge in [0.1, 0.15) is 12.6 Å². The molecule has 2 amide bonds.